The van der Waals surface area contributed by atoms with Crippen molar-refractivity contribution in [3.8, 4) is 17.5 Å². The lowest BCUT2D eigenvalue weighted by Gasteiger charge is -2.40. The van der Waals surface area contributed by atoms with E-state index in [1.807, 2.05) is 6.07 Å². The zero-order valence-electron chi connectivity index (χ0n) is 15.6. The lowest BCUT2D eigenvalue weighted by atomic mass is 9.62. The summed E-state index contributed by atoms with van der Waals surface area (Å²) in [4.78, 5) is 0. The minimum absolute atomic E-state index is 0.0500. The molecule has 0 spiro atoms. The first-order chi connectivity index (χ1) is 14.0. The Kier molecular flexibility index (Phi) is 4.37. The number of ether oxygens (including phenoxy) is 1. The first-order valence-corrected chi connectivity index (χ1v) is 10.5. The molecule has 0 radical (unpaired) electrons. The molecule has 3 atom stereocenters. The highest BCUT2D eigenvalue weighted by atomic mass is 79.9. The van der Waals surface area contributed by atoms with Gasteiger partial charge in [-0.05, 0) is 77.9 Å². The molecule has 2 aliphatic rings. The van der Waals surface area contributed by atoms with Crippen molar-refractivity contribution in [2.75, 3.05) is 6.61 Å². The summed E-state index contributed by atoms with van der Waals surface area (Å²) in [6, 6.07) is 10.8. The summed E-state index contributed by atoms with van der Waals surface area (Å²) in [6.45, 7) is 0.489. The van der Waals surface area contributed by atoms with Crippen molar-refractivity contribution in [1.29, 1.82) is 5.26 Å². The van der Waals surface area contributed by atoms with Crippen molar-refractivity contribution in [2.24, 2.45) is 5.92 Å². The molecule has 7 heteroatoms. The maximum absolute atomic E-state index is 13.4. The van der Waals surface area contributed by atoms with E-state index in [2.05, 4.69) is 27.1 Å². The molecule has 148 valence electrons. The normalized spacial score (nSPS) is 26.1. The summed E-state index contributed by atoms with van der Waals surface area (Å²) in [5.74, 6) is 0.416. The van der Waals surface area contributed by atoms with Gasteiger partial charge in [-0.1, -0.05) is 0 Å². The maximum atomic E-state index is 13.4. The largest absolute Gasteiger partial charge is 0.492 e. The summed E-state index contributed by atoms with van der Waals surface area (Å²) in [7, 11) is 0. The van der Waals surface area contributed by atoms with Gasteiger partial charge in [0.1, 0.15) is 11.6 Å². The van der Waals surface area contributed by atoms with Gasteiger partial charge in [-0.25, -0.2) is 9.07 Å². The number of aromatic nitrogens is 2. The molecule has 1 aliphatic heterocycles. The SMILES string of the molecule is N#CC12CCC(O)CC1CCOc1c2cc2cnn(-c3ccc(F)cc3)c2c1Br. The standard InChI is InChI=1S/C22H19BrFN3O2/c23-19-20-13(11-26-27(20)16-3-1-15(24)2-4-16)9-18-21(19)29-8-6-14-10-17(28)5-7-22(14,18)12-25/h1-4,9,11,14,17,28H,5-8,10H2. The van der Waals surface area contributed by atoms with Gasteiger partial charge in [0.15, 0.2) is 0 Å². The van der Waals surface area contributed by atoms with Gasteiger partial charge in [0, 0.05) is 10.9 Å². The number of aliphatic hydroxyl groups is 1. The van der Waals surface area contributed by atoms with Crippen LogP contribution in [-0.2, 0) is 5.41 Å². The van der Waals surface area contributed by atoms with E-state index < -0.39 is 5.41 Å². The van der Waals surface area contributed by atoms with Gasteiger partial charge in [0.2, 0.25) is 0 Å². The molecular weight excluding hydrogens is 437 g/mol. The molecule has 3 aromatic rings. The number of hydrogen-bond donors (Lipinski definition) is 1. The number of halogens is 2. The molecule has 0 bridgehead atoms. The van der Waals surface area contributed by atoms with E-state index in [1.165, 1.54) is 12.1 Å². The van der Waals surface area contributed by atoms with Gasteiger partial charge >= 0.3 is 0 Å². The average Bonchev–Trinajstić information content (AvgIpc) is 3.08. The molecule has 0 amide bonds. The van der Waals surface area contributed by atoms with E-state index in [4.69, 9.17) is 4.74 Å². The second-order valence-electron chi connectivity index (χ2n) is 7.88. The van der Waals surface area contributed by atoms with Crippen LogP contribution in [0.3, 0.4) is 0 Å². The molecule has 1 N–H and O–H groups in total. The van der Waals surface area contributed by atoms with E-state index in [-0.39, 0.29) is 17.8 Å². The van der Waals surface area contributed by atoms with Crippen molar-refractivity contribution in [3.05, 3.63) is 52.4 Å². The van der Waals surface area contributed by atoms with E-state index in [0.717, 1.165) is 33.0 Å². The number of nitrogens with zero attached hydrogens (tertiary/aromatic N) is 3. The van der Waals surface area contributed by atoms with Crippen LogP contribution in [0.2, 0.25) is 0 Å². The van der Waals surface area contributed by atoms with Crippen molar-refractivity contribution in [2.45, 2.75) is 37.2 Å². The lowest BCUT2D eigenvalue weighted by Crippen LogP contribution is -2.40. The Morgan fingerprint density at radius 1 is 1.31 bits per heavy atom. The number of benzene rings is 2. The molecule has 2 heterocycles. The average molecular weight is 456 g/mol. The van der Waals surface area contributed by atoms with Crippen LogP contribution >= 0.6 is 15.9 Å². The second-order valence-corrected chi connectivity index (χ2v) is 8.68. The monoisotopic (exact) mass is 455 g/mol. The fourth-order valence-corrected chi connectivity index (χ4v) is 5.58. The van der Waals surface area contributed by atoms with E-state index in [9.17, 15) is 14.8 Å². The highest BCUT2D eigenvalue weighted by molar-refractivity contribution is 9.10. The van der Waals surface area contributed by atoms with Crippen molar-refractivity contribution < 1.29 is 14.2 Å². The van der Waals surface area contributed by atoms with Gasteiger partial charge < -0.3 is 9.84 Å². The third-order valence-electron chi connectivity index (χ3n) is 6.34. The number of fused-ring (bicyclic) bond motifs is 4. The zero-order chi connectivity index (χ0) is 20.2. The smallest absolute Gasteiger partial charge is 0.140 e. The predicted molar refractivity (Wildman–Crippen MR) is 109 cm³/mol. The molecule has 1 aromatic heterocycles. The van der Waals surface area contributed by atoms with Crippen LogP contribution in [0.5, 0.6) is 5.75 Å². The molecule has 5 rings (SSSR count). The minimum Gasteiger partial charge on any atom is -0.492 e. The molecular formula is C22H19BrFN3O2. The second kappa shape index (κ2) is 6.82. The molecule has 1 fully saturated rings. The maximum Gasteiger partial charge on any atom is 0.140 e. The van der Waals surface area contributed by atoms with Crippen LogP contribution < -0.4 is 4.74 Å². The minimum atomic E-state index is -0.681. The number of aliphatic hydroxyl groups excluding tert-OH is 1. The van der Waals surface area contributed by atoms with Gasteiger partial charge in [-0.3, -0.25) is 0 Å². The van der Waals surface area contributed by atoms with Crippen LogP contribution in [0.25, 0.3) is 16.6 Å². The number of nitriles is 1. The van der Waals surface area contributed by atoms with Gasteiger partial charge in [0.25, 0.3) is 0 Å². The molecule has 5 nitrogen and oxygen atoms in total. The Bertz CT molecular complexity index is 1140. The fraction of sp³-hybridized carbons (Fsp3) is 0.364. The molecule has 3 unspecified atom stereocenters. The summed E-state index contributed by atoms with van der Waals surface area (Å²) in [5.41, 5.74) is 1.74. The summed E-state index contributed by atoms with van der Waals surface area (Å²) < 4.78 is 22.0. The summed E-state index contributed by atoms with van der Waals surface area (Å²) >= 11 is 3.71. The quantitative estimate of drug-likeness (QED) is 0.580. The van der Waals surface area contributed by atoms with E-state index >= 15 is 0 Å². The molecule has 1 aliphatic carbocycles. The van der Waals surface area contributed by atoms with Crippen molar-refractivity contribution in [3.63, 3.8) is 0 Å². The fourth-order valence-electron chi connectivity index (χ4n) is 4.86. The van der Waals surface area contributed by atoms with Crippen LogP contribution in [0.1, 0.15) is 31.2 Å². The highest BCUT2D eigenvalue weighted by Crippen LogP contribution is 2.53. The molecule has 2 aromatic carbocycles. The van der Waals surface area contributed by atoms with Crippen LogP contribution in [0, 0.1) is 23.1 Å². The zero-order valence-corrected chi connectivity index (χ0v) is 17.2. The topological polar surface area (TPSA) is 71.1 Å². The molecule has 29 heavy (non-hydrogen) atoms. The van der Waals surface area contributed by atoms with Crippen LogP contribution in [-0.4, -0.2) is 27.6 Å². The lowest BCUT2D eigenvalue weighted by molar-refractivity contribution is 0.0658. The third kappa shape index (κ3) is 2.77. The van der Waals surface area contributed by atoms with Crippen LogP contribution in [0.4, 0.5) is 4.39 Å². The highest BCUT2D eigenvalue weighted by Gasteiger charge is 2.48. The van der Waals surface area contributed by atoms with Crippen molar-refractivity contribution in [1.82, 2.24) is 9.78 Å². The van der Waals surface area contributed by atoms with E-state index in [1.54, 1.807) is 23.0 Å². The predicted octanol–water partition coefficient (Wildman–Crippen LogP) is 4.63. The number of rotatable bonds is 1. The summed E-state index contributed by atoms with van der Waals surface area (Å²) in [5, 5.41) is 25.8. The first kappa shape index (κ1) is 18.6. The Morgan fingerprint density at radius 2 is 2.10 bits per heavy atom. The Morgan fingerprint density at radius 3 is 2.86 bits per heavy atom. The van der Waals surface area contributed by atoms with Gasteiger partial charge in [0.05, 0.1) is 46.1 Å². The third-order valence-corrected chi connectivity index (χ3v) is 7.07. The Balaban J connectivity index is 1.73. The Labute approximate surface area is 175 Å². The Hall–Kier alpha value is -2.43. The molecule has 1 saturated carbocycles. The van der Waals surface area contributed by atoms with Crippen molar-refractivity contribution >= 4 is 26.8 Å². The van der Waals surface area contributed by atoms with Crippen LogP contribution in [0.15, 0.2) is 41.0 Å². The molecule has 0 saturated heterocycles. The first-order valence-electron chi connectivity index (χ1n) is 9.72. The number of hydrogen-bond acceptors (Lipinski definition) is 4. The van der Waals surface area contributed by atoms with Gasteiger partial charge in [-0.2, -0.15) is 10.4 Å². The van der Waals surface area contributed by atoms with E-state index in [0.29, 0.717) is 31.6 Å². The van der Waals surface area contributed by atoms with Gasteiger partial charge in [-0.15, -0.1) is 0 Å². The summed E-state index contributed by atoms with van der Waals surface area (Å²) in [6.07, 6.45) is 3.94.